The molecule has 0 aromatic carbocycles. The minimum absolute atomic E-state index is 0.259. The molecule has 0 aliphatic heterocycles. The van der Waals surface area contributed by atoms with Gasteiger partial charge in [0.1, 0.15) is 5.82 Å². The standard InChI is InChI=1S/C11H12N2O3/c1-6-2-3-12-9(4-6)13-10(14)7-5-8(7)11(15)16/h2-4,7-8H,5H2,1H3,(H,15,16)(H,12,13,14). The third-order valence-electron chi connectivity index (χ3n) is 2.61. The molecule has 1 heterocycles. The molecule has 0 radical (unpaired) electrons. The van der Waals surface area contributed by atoms with Crippen LogP contribution in [0.4, 0.5) is 5.82 Å². The number of carbonyl (C=O) groups is 2. The summed E-state index contributed by atoms with van der Waals surface area (Å²) >= 11 is 0. The van der Waals surface area contributed by atoms with E-state index >= 15 is 0 Å². The maximum absolute atomic E-state index is 11.6. The molecule has 2 unspecified atom stereocenters. The fraction of sp³-hybridized carbons (Fsp3) is 0.364. The first kappa shape index (κ1) is 10.6. The number of aromatic nitrogens is 1. The van der Waals surface area contributed by atoms with E-state index in [4.69, 9.17) is 5.11 Å². The summed E-state index contributed by atoms with van der Waals surface area (Å²) in [6.07, 6.45) is 2.03. The summed E-state index contributed by atoms with van der Waals surface area (Å²) in [5.74, 6) is -1.62. The van der Waals surface area contributed by atoms with E-state index in [1.165, 1.54) is 0 Å². The van der Waals surface area contributed by atoms with Crippen molar-refractivity contribution in [3.63, 3.8) is 0 Å². The molecule has 5 nitrogen and oxygen atoms in total. The number of anilines is 1. The number of pyridine rings is 1. The zero-order valence-electron chi connectivity index (χ0n) is 8.80. The molecule has 16 heavy (non-hydrogen) atoms. The average Bonchev–Trinajstić information content (AvgIpc) is 2.96. The molecule has 2 rings (SSSR count). The van der Waals surface area contributed by atoms with Crippen molar-refractivity contribution >= 4 is 17.7 Å². The second kappa shape index (κ2) is 3.92. The third-order valence-corrected chi connectivity index (χ3v) is 2.61. The summed E-state index contributed by atoms with van der Waals surface area (Å²) in [5.41, 5.74) is 0.996. The molecule has 1 aliphatic carbocycles. The summed E-state index contributed by atoms with van der Waals surface area (Å²) in [6, 6.07) is 3.57. The van der Waals surface area contributed by atoms with Gasteiger partial charge >= 0.3 is 5.97 Å². The van der Waals surface area contributed by atoms with Crippen molar-refractivity contribution in [2.75, 3.05) is 5.32 Å². The maximum Gasteiger partial charge on any atom is 0.307 e. The van der Waals surface area contributed by atoms with Crippen molar-refractivity contribution in [3.8, 4) is 0 Å². The Bertz CT molecular complexity index is 445. The lowest BCUT2D eigenvalue weighted by molar-refractivity contribution is -0.139. The van der Waals surface area contributed by atoms with Gasteiger partial charge in [0.25, 0.3) is 0 Å². The van der Waals surface area contributed by atoms with Crippen LogP contribution >= 0.6 is 0 Å². The number of amides is 1. The summed E-state index contributed by atoms with van der Waals surface area (Å²) in [5, 5.41) is 11.3. The number of aliphatic carboxylic acids is 1. The molecular weight excluding hydrogens is 208 g/mol. The number of aryl methyl sites for hydroxylation is 1. The van der Waals surface area contributed by atoms with Crippen LogP contribution in [0.5, 0.6) is 0 Å². The van der Waals surface area contributed by atoms with Gasteiger partial charge < -0.3 is 10.4 Å². The molecule has 0 spiro atoms. The van der Waals surface area contributed by atoms with E-state index in [-0.39, 0.29) is 5.91 Å². The Morgan fingerprint density at radius 2 is 2.25 bits per heavy atom. The monoisotopic (exact) mass is 220 g/mol. The molecule has 0 saturated heterocycles. The number of hydrogen-bond donors (Lipinski definition) is 2. The molecule has 84 valence electrons. The highest BCUT2D eigenvalue weighted by molar-refractivity contribution is 5.97. The fourth-order valence-corrected chi connectivity index (χ4v) is 1.58. The second-order valence-electron chi connectivity index (χ2n) is 3.99. The summed E-state index contributed by atoms with van der Waals surface area (Å²) in [6.45, 7) is 1.90. The highest BCUT2D eigenvalue weighted by Gasteiger charge is 2.48. The summed E-state index contributed by atoms with van der Waals surface area (Å²) in [7, 11) is 0. The van der Waals surface area contributed by atoms with Crippen LogP contribution in [0.15, 0.2) is 18.3 Å². The Hall–Kier alpha value is -1.91. The van der Waals surface area contributed by atoms with E-state index in [1.807, 2.05) is 13.0 Å². The lowest BCUT2D eigenvalue weighted by atomic mass is 10.3. The zero-order chi connectivity index (χ0) is 11.7. The zero-order valence-corrected chi connectivity index (χ0v) is 8.80. The molecule has 0 bridgehead atoms. The molecule has 1 aromatic rings. The SMILES string of the molecule is Cc1ccnc(NC(=O)C2CC2C(=O)O)c1. The minimum atomic E-state index is -0.905. The smallest absolute Gasteiger partial charge is 0.307 e. The highest BCUT2D eigenvalue weighted by atomic mass is 16.4. The Morgan fingerprint density at radius 3 is 2.81 bits per heavy atom. The number of hydrogen-bond acceptors (Lipinski definition) is 3. The third kappa shape index (κ3) is 2.18. The van der Waals surface area contributed by atoms with Gasteiger partial charge in [-0.25, -0.2) is 4.98 Å². The molecule has 1 aromatic heterocycles. The predicted octanol–water partition coefficient (Wildman–Crippen LogP) is 1.05. The Labute approximate surface area is 92.5 Å². The van der Waals surface area contributed by atoms with Crippen LogP contribution in [0, 0.1) is 18.8 Å². The van der Waals surface area contributed by atoms with Gasteiger partial charge in [0, 0.05) is 6.20 Å². The van der Waals surface area contributed by atoms with Crippen LogP contribution < -0.4 is 5.32 Å². The largest absolute Gasteiger partial charge is 0.481 e. The van der Waals surface area contributed by atoms with Crippen molar-refractivity contribution in [2.24, 2.45) is 11.8 Å². The van der Waals surface area contributed by atoms with Crippen molar-refractivity contribution < 1.29 is 14.7 Å². The van der Waals surface area contributed by atoms with E-state index in [0.717, 1.165) is 5.56 Å². The lowest BCUT2D eigenvalue weighted by Crippen LogP contribution is -2.17. The van der Waals surface area contributed by atoms with Gasteiger partial charge in [-0.1, -0.05) is 0 Å². The van der Waals surface area contributed by atoms with Gasteiger partial charge in [-0.3, -0.25) is 9.59 Å². The lowest BCUT2D eigenvalue weighted by Gasteiger charge is -2.03. The van der Waals surface area contributed by atoms with E-state index in [1.54, 1.807) is 12.3 Å². The van der Waals surface area contributed by atoms with Gasteiger partial charge in [-0.15, -0.1) is 0 Å². The topological polar surface area (TPSA) is 79.3 Å². The van der Waals surface area contributed by atoms with Crippen molar-refractivity contribution in [1.29, 1.82) is 0 Å². The second-order valence-corrected chi connectivity index (χ2v) is 3.99. The number of nitrogens with zero attached hydrogens (tertiary/aromatic N) is 1. The van der Waals surface area contributed by atoms with Crippen molar-refractivity contribution in [2.45, 2.75) is 13.3 Å². The molecule has 1 fully saturated rings. The molecule has 2 N–H and O–H groups in total. The molecule has 1 amide bonds. The molecule has 5 heteroatoms. The van der Waals surface area contributed by atoms with Crippen LogP contribution in [0.1, 0.15) is 12.0 Å². The first-order chi connectivity index (χ1) is 7.58. The first-order valence-electron chi connectivity index (χ1n) is 5.04. The Kier molecular flexibility index (Phi) is 2.60. The maximum atomic E-state index is 11.6. The molecule has 1 saturated carbocycles. The van der Waals surface area contributed by atoms with Crippen LogP contribution in [0.2, 0.25) is 0 Å². The highest BCUT2D eigenvalue weighted by Crippen LogP contribution is 2.39. The van der Waals surface area contributed by atoms with Gasteiger partial charge in [0.05, 0.1) is 11.8 Å². The number of carboxylic acids is 1. The normalized spacial score (nSPS) is 22.6. The van der Waals surface area contributed by atoms with Crippen LogP contribution in [0.25, 0.3) is 0 Å². The molecule has 2 atom stereocenters. The van der Waals surface area contributed by atoms with E-state index in [2.05, 4.69) is 10.3 Å². The summed E-state index contributed by atoms with van der Waals surface area (Å²) in [4.78, 5) is 26.2. The average molecular weight is 220 g/mol. The Balaban J connectivity index is 1.96. The minimum Gasteiger partial charge on any atom is -0.481 e. The molecular formula is C11H12N2O3. The van der Waals surface area contributed by atoms with Crippen LogP contribution in [0.3, 0.4) is 0 Å². The molecule has 1 aliphatic rings. The van der Waals surface area contributed by atoms with Crippen molar-refractivity contribution in [3.05, 3.63) is 23.9 Å². The van der Waals surface area contributed by atoms with E-state index < -0.39 is 17.8 Å². The van der Waals surface area contributed by atoms with Crippen LogP contribution in [-0.2, 0) is 9.59 Å². The van der Waals surface area contributed by atoms with Crippen LogP contribution in [-0.4, -0.2) is 22.0 Å². The van der Waals surface area contributed by atoms with E-state index in [9.17, 15) is 9.59 Å². The Morgan fingerprint density at radius 1 is 1.50 bits per heavy atom. The number of rotatable bonds is 3. The fourth-order valence-electron chi connectivity index (χ4n) is 1.58. The summed E-state index contributed by atoms with van der Waals surface area (Å²) < 4.78 is 0. The number of carboxylic acid groups (broad SMARTS) is 1. The van der Waals surface area contributed by atoms with Crippen molar-refractivity contribution in [1.82, 2.24) is 4.98 Å². The first-order valence-corrected chi connectivity index (χ1v) is 5.04. The van der Waals surface area contributed by atoms with Gasteiger partial charge in [-0.05, 0) is 31.0 Å². The predicted molar refractivity (Wildman–Crippen MR) is 56.8 cm³/mol. The van der Waals surface area contributed by atoms with Gasteiger partial charge in [0.2, 0.25) is 5.91 Å². The van der Waals surface area contributed by atoms with Gasteiger partial charge in [0.15, 0.2) is 0 Å². The number of carbonyl (C=O) groups excluding carboxylic acids is 1. The van der Waals surface area contributed by atoms with Gasteiger partial charge in [-0.2, -0.15) is 0 Å². The number of nitrogens with one attached hydrogen (secondary N) is 1. The van der Waals surface area contributed by atoms with E-state index in [0.29, 0.717) is 12.2 Å². The quantitative estimate of drug-likeness (QED) is 0.797.